The quantitative estimate of drug-likeness (QED) is 0.678. The Bertz CT molecular complexity index is 1040. The lowest BCUT2D eigenvalue weighted by Gasteiger charge is -2.15. The normalized spacial score (nSPS) is 12.5. The Morgan fingerprint density at radius 3 is 2.56 bits per heavy atom. The molecule has 0 bridgehead atoms. The van der Waals surface area contributed by atoms with Crippen LogP contribution in [0, 0.1) is 5.82 Å². The summed E-state index contributed by atoms with van der Waals surface area (Å²) in [5, 5.41) is 2.50. The summed E-state index contributed by atoms with van der Waals surface area (Å²) in [6.07, 6.45) is 4.57. The van der Waals surface area contributed by atoms with E-state index in [2.05, 4.69) is 15.0 Å². The van der Waals surface area contributed by atoms with Crippen LogP contribution in [-0.2, 0) is 14.8 Å². The van der Waals surface area contributed by atoms with Crippen LogP contribution < -0.4 is 10.0 Å². The number of nitrogens with one attached hydrogen (secondary N) is 2. The molecule has 1 heterocycles. The molecule has 9 heteroatoms. The van der Waals surface area contributed by atoms with Crippen molar-refractivity contribution in [3.8, 4) is 5.69 Å². The van der Waals surface area contributed by atoms with Gasteiger partial charge in [-0.05, 0) is 37.3 Å². The van der Waals surface area contributed by atoms with E-state index in [0.29, 0.717) is 0 Å². The first kappa shape index (κ1) is 18.7. The van der Waals surface area contributed by atoms with Crippen molar-refractivity contribution in [2.24, 2.45) is 0 Å². The van der Waals surface area contributed by atoms with Crippen molar-refractivity contribution in [3.05, 3.63) is 73.1 Å². The first-order valence-electron chi connectivity index (χ1n) is 8.03. The number of hydrogen-bond donors (Lipinski definition) is 2. The van der Waals surface area contributed by atoms with Gasteiger partial charge in [-0.15, -0.1) is 0 Å². The maximum Gasteiger partial charge on any atom is 0.242 e. The predicted molar refractivity (Wildman–Crippen MR) is 98.4 cm³/mol. The van der Waals surface area contributed by atoms with Crippen LogP contribution in [-0.4, -0.2) is 29.9 Å². The first-order valence-corrected chi connectivity index (χ1v) is 9.51. The number of carbonyl (C=O) groups is 1. The highest BCUT2D eigenvalue weighted by atomic mass is 32.2. The molecule has 0 unspecified atom stereocenters. The Hall–Kier alpha value is -3.04. The average molecular weight is 388 g/mol. The lowest BCUT2D eigenvalue weighted by Crippen LogP contribution is -2.41. The highest BCUT2D eigenvalue weighted by molar-refractivity contribution is 7.89. The van der Waals surface area contributed by atoms with Crippen LogP contribution in [0.4, 0.5) is 10.1 Å². The van der Waals surface area contributed by atoms with E-state index in [-0.39, 0.29) is 16.3 Å². The third-order valence-electron chi connectivity index (χ3n) is 3.78. The number of anilines is 1. The van der Waals surface area contributed by atoms with Crippen LogP contribution in [0.15, 0.2) is 72.1 Å². The SMILES string of the molecule is C[C@H](NS(=O)(=O)c1ccccc1)C(=O)Nc1ccc(-n2ccnc2)c(F)c1. The molecule has 1 amide bonds. The van der Waals surface area contributed by atoms with E-state index in [4.69, 9.17) is 0 Å². The smallest absolute Gasteiger partial charge is 0.242 e. The van der Waals surface area contributed by atoms with Crippen molar-refractivity contribution in [1.82, 2.24) is 14.3 Å². The molecular weight excluding hydrogens is 371 g/mol. The van der Waals surface area contributed by atoms with E-state index in [1.54, 1.807) is 24.4 Å². The summed E-state index contributed by atoms with van der Waals surface area (Å²) in [5.41, 5.74) is 0.496. The Balaban J connectivity index is 1.69. The topological polar surface area (TPSA) is 93.1 Å². The summed E-state index contributed by atoms with van der Waals surface area (Å²) in [6.45, 7) is 1.41. The summed E-state index contributed by atoms with van der Waals surface area (Å²) in [6, 6.07) is 10.8. The van der Waals surface area contributed by atoms with Crippen molar-refractivity contribution < 1.29 is 17.6 Å². The van der Waals surface area contributed by atoms with Gasteiger partial charge in [-0.25, -0.2) is 17.8 Å². The summed E-state index contributed by atoms with van der Waals surface area (Å²) < 4.78 is 42.6. The van der Waals surface area contributed by atoms with Crippen LogP contribution >= 0.6 is 0 Å². The van der Waals surface area contributed by atoms with E-state index in [9.17, 15) is 17.6 Å². The molecule has 1 atom stereocenters. The fraction of sp³-hybridized carbons (Fsp3) is 0.111. The fourth-order valence-corrected chi connectivity index (χ4v) is 3.62. The highest BCUT2D eigenvalue weighted by Gasteiger charge is 2.22. The molecule has 0 aliphatic heterocycles. The monoisotopic (exact) mass is 388 g/mol. The molecule has 140 valence electrons. The molecular formula is C18H17FN4O3S. The second kappa shape index (κ2) is 7.68. The van der Waals surface area contributed by atoms with Gasteiger partial charge in [0, 0.05) is 18.1 Å². The van der Waals surface area contributed by atoms with Crippen LogP contribution in [0.25, 0.3) is 5.69 Å². The summed E-state index contributed by atoms with van der Waals surface area (Å²) in [7, 11) is -3.84. The molecule has 0 radical (unpaired) electrons. The van der Waals surface area contributed by atoms with Gasteiger partial charge in [-0.1, -0.05) is 18.2 Å². The van der Waals surface area contributed by atoms with Crippen molar-refractivity contribution >= 4 is 21.6 Å². The van der Waals surface area contributed by atoms with Gasteiger partial charge in [-0.3, -0.25) is 4.79 Å². The zero-order chi connectivity index (χ0) is 19.4. The molecule has 1 aromatic heterocycles. The van der Waals surface area contributed by atoms with Crippen molar-refractivity contribution in [2.45, 2.75) is 17.9 Å². The third kappa shape index (κ3) is 4.39. The zero-order valence-corrected chi connectivity index (χ0v) is 15.2. The summed E-state index contributed by atoms with van der Waals surface area (Å²) >= 11 is 0. The molecule has 2 aromatic carbocycles. The van der Waals surface area contributed by atoms with Crippen LogP contribution in [0.1, 0.15) is 6.92 Å². The molecule has 3 rings (SSSR count). The van der Waals surface area contributed by atoms with E-state index >= 15 is 0 Å². The number of benzene rings is 2. The molecule has 3 aromatic rings. The maximum atomic E-state index is 14.2. The largest absolute Gasteiger partial charge is 0.325 e. The third-order valence-corrected chi connectivity index (χ3v) is 5.33. The molecule has 0 saturated heterocycles. The van der Waals surface area contributed by atoms with Gasteiger partial charge in [0.25, 0.3) is 0 Å². The van der Waals surface area contributed by atoms with Gasteiger partial charge in [0.1, 0.15) is 5.82 Å². The summed E-state index contributed by atoms with van der Waals surface area (Å²) in [5.74, 6) is -1.16. The molecule has 27 heavy (non-hydrogen) atoms. The van der Waals surface area contributed by atoms with Gasteiger partial charge >= 0.3 is 0 Å². The minimum atomic E-state index is -3.84. The van der Waals surface area contributed by atoms with Crippen LogP contribution in [0.3, 0.4) is 0 Å². The zero-order valence-electron chi connectivity index (χ0n) is 14.3. The van der Waals surface area contributed by atoms with Crippen molar-refractivity contribution in [1.29, 1.82) is 0 Å². The van der Waals surface area contributed by atoms with Crippen LogP contribution in [0.5, 0.6) is 0 Å². The highest BCUT2D eigenvalue weighted by Crippen LogP contribution is 2.18. The average Bonchev–Trinajstić information content (AvgIpc) is 3.16. The molecule has 0 spiro atoms. The lowest BCUT2D eigenvalue weighted by atomic mass is 10.2. The minimum absolute atomic E-state index is 0.0559. The standard InChI is InChI=1S/C18H17FN4O3S/c1-13(22-27(25,26)15-5-3-2-4-6-15)18(24)21-14-7-8-17(16(19)11-14)23-10-9-20-12-23/h2-13,22H,1H3,(H,21,24)/t13-/m0/s1. The number of sulfonamides is 1. The number of amides is 1. The van der Waals surface area contributed by atoms with E-state index in [1.165, 1.54) is 48.3 Å². The Morgan fingerprint density at radius 1 is 1.19 bits per heavy atom. The van der Waals surface area contributed by atoms with Crippen molar-refractivity contribution in [2.75, 3.05) is 5.32 Å². The maximum absolute atomic E-state index is 14.2. The second-order valence-corrected chi connectivity index (χ2v) is 7.50. The number of nitrogens with zero attached hydrogens (tertiary/aromatic N) is 2. The Labute approximate surface area is 155 Å². The summed E-state index contributed by atoms with van der Waals surface area (Å²) in [4.78, 5) is 16.2. The number of imidazole rings is 1. The minimum Gasteiger partial charge on any atom is -0.325 e. The van der Waals surface area contributed by atoms with Crippen LogP contribution in [0.2, 0.25) is 0 Å². The predicted octanol–water partition coefficient (Wildman–Crippen LogP) is 2.32. The fourth-order valence-electron chi connectivity index (χ4n) is 2.40. The van der Waals surface area contributed by atoms with Gasteiger partial charge in [0.05, 0.1) is 23.0 Å². The number of halogens is 1. The van der Waals surface area contributed by atoms with Gasteiger partial charge in [-0.2, -0.15) is 4.72 Å². The Kier molecular flexibility index (Phi) is 5.33. The van der Waals surface area contributed by atoms with Gasteiger partial charge in [0.15, 0.2) is 0 Å². The lowest BCUT2D eigenvalue weighted by molar-refractivity contribution is -0.117. The van der Waals surface area contributed by atoms with Crippen molar-refractivity contribution in [3.63, 3.8) is 0 Å². The Morgan fingerprint density at radius 2 is 1.93 bits per heavy atom. The van der Waals surface area contributed by atoms with E-state index in [0.717, 1.165) is 6.07 Å². The first-order chi connectivity index (χ1) is 12.9. The molecule has 0 aliphatic rings. The molecule has 0 fully saturated rings. The number of rotatable bonds is 6. The number of aromatic nitrogens is 2. The molecule has 7 nitrogen and oxygen atoms in total. The number of hydrogen-bond acceptors (Lipinski definition) is 4. The molecule has 0 aliphatic carbocycles. The molecule has 2 N–H and O–H groups in total. The second-order valence-electron chi connectivity index (χ2n) is 5.78. The van der Waals surface area contributed by atoms with Gasteiger partial charge in [0.2, 0.25) is 15.9 Å². The van der Waals surface area contributed by atoms with E-state index < -0.39 is 27.8 Å². The number of carbonyl (C=O) groups excluding carboxylic acids is 1. The molecule has 0 saturated carbocycles. The van der Waals surface area contributed by atoms with Gasteiger partial charge < -0.3 is 9.88 Å². The van der Waals surface area contributed by atoms with E-state index in [1.807, 2.05) is 0 Å².